The van der Waals surface area contributed by atoms with Crippen LogP contribution in [0.4, 0.5) is 0 Å². The average molecular weight is 376 g/mol. The number of carbonyl (C=O) groups is 1. The lowest BCUT2D eigenvalue weighted by Crippen LogP contribution is -2.38. The van der Waals surface area contributed by atoms with Crippen molar-refractivity contribution in [1.82, 2.24) is 19.7 Å². The summed E-state index contributed by atoms with van der Waals surface area (Å²) in [7, 11) is 0. The van der Waals surface area contributed by atoms with Gasteiger partial charge >= 0.3 is 0 Å². The Morgan fingerprint density at radius 1 is 0.929 bits per heavy atom. The number of rotatable bonds is 4. The Bertz CT molecular complexity index is 1020. The van der Waals surface area contributed by atoms with Crippen molar-refractivity contribution in [3.63, 3.8) is 0 Å². The molecule has 1 amide bonds. The zero-order chi connectivity index (χ0) is 19.3. The predicted molar refractivity (Wildman–Crippen MR) is 108 cm³/mol. The third-order valence-electron chi connectivity index (χ3n) is 5.31. The second-order valence-corrected chi connectivity index (χ2v) is 7.28. The van der Waals surface area contributed by atoms with Gasteiger partial charge in [-0.15, -0.1) is 0 Å². The highest BCUT2D eigenvalue weighted by Crippen LogP contribution is 2.17. The molecule has 6 nitrogen and oxygen atoms in total. The molecule has 1 aliphatic heterocycles. The van der Waals surface area contributed by atoms with Gasteiger partial charge in [-0.05, 0) is 36.6 Å². The van der Waals surface area contributed by atoms with E-state index in [-0.39, 0.29) is 18.0 Å². The van der Waals surface area contributed by atoms with Crippen LogP contribution in [-0.2, 0) is 17.8 Å². The van der Waals surface area contributed by atoms with Gasteiger partial charge in [0.2, 0.25) is 5.91 Å². The van der Waals surface area contributed by atoms with Crippen molar-refractivity contribution in [2.24, 2.45) is 0 Å². The minimum absolute atomic E-state index is 0.00693. The molecular formula is C22H24N4O2. The SMILES string of the molecule is O=C(Cn1nc(Cc2ccncc2)c2ccccc2c1=O)N1CCCCCC1. The van der Waals surface area contributed by atoms with E-state index in [4.69, 9.17) is 0 Å². The zero-order valence-corrected chi connectivity index (χ0v) is 15.9. The van der Waals surface area contributed by atoms with Gasteiger partial charge in [0, 0.05) is 37.3 Å². The Morgan fingerprint density at radius 3 is 2.32 bits per heavy atom. The summed E-state index contributed by atoms with van der Waals surface area (Å²) in [6.45, 7) is 1.53. The lowest BCUT2D eigenvalue weighted by atomic mass is 10.1. The third kappa shape index (κ3) is 3.96. The molecule has 3 heterocycles. The fraction of sp³-hybridized carbons (Fsp3) is 0.364. The van der Waals surface area contributed by atoms with E-state index in [0.29, 0.717) is 11.8 Å². The number of benzene rings is 1. The number of nitrogens with zero attached hydrogens (tertiary/aromatic N) is 4. The average Bonchev–Trinajstić information content (AvgIpc) is 3.02. The van der Waals surface area contributed by atoms with Crippen molar-refractivity contribution in [2.75, 3.05) is 13.1 Å². The first-order chi connectivity index (χ1) is 13.7. The Kier molecular flexibility index (Phi) is 5.46. The first-order valence-electron chi connectivity index (χ1n) is 9.88. The molecule has 0 atom stereocenters. The van der Waals surface area contributed by atoms with Gasteiger partial charge in [-0.2, -0.15) is 5.10 Å². The van der Waals surface area contributed by atoms with E-state index in [1.807, 2.05) is 41.3 Å². The maximum absolute atomic E-state index is 12.9. The van der Waals surface area contributed by atoms with Gasteiger partial charge in [0.25, 0.3) is 5.56 Å². The van der Waals surface area contributed by atoms with Crippen LogP contribution in [0.15, 0.2) is 53.6 Å². The van der Waals surface area contributed by atoms with Crippen LogP contribution in [0.5, 0.6) is 0 Å². The van der Waals surface area contributed by atoms with Crippen LogP contribution in [-0.4, -0.2) is 38.7 Å². The van der Waals surface area contributed by atoms with Gasteiger partial charge in [0.1, 0.15) is 6.54 Å². The number of fused-ring (bicyclic) bond motifs is 1. The topological polar surface area (TPSA) is 68.1 Å². The lowest BCUT2D eigenvalue weighted by Gasteiger charge is -2.20. The minimum Gasteiger partial charge on any atom is -0.341 e. The molecule has 144 valence electrons. The third-order valence-corrected chi connectivity index (χ3v) is 5.31. The quantitative estimate of drug-likeness (QED) is 0.702. The Hall–Kier alpha value is -3.02. The van der Waals surface area contributed by atoms with Crippen LogP contribution in [0.1, 0.15) is 36.9 Å². The second kappa shape index (κ2) is 8.33. The number of carbonyl (C=O) groups excluding carboxylic acids is 1. The highest BCUT2D eigenvalue weighted by Gasteiger charge is 2.18. The monoisotopic (exact) mass is 376 g/mol. The summed E-state index contributed by atoms with van der Waals surface area (Å²) in [5.41, 5.74) is 1.65. The molecule has 6 heteroatoms. The molecule has 2 aromatic heterocycles. The van der Waals surface area contributed by atoms with Gasteiger partial charge in [0.05, 0.1) is 11.1 Å². The first kappa shape index (κ1) is 18.3. The van der Waals surface area contributed by atoms with Crippen LogP contribution in [0.2, 0.25) is 0 Å². The standard InChI is InChI=1S/C22H24N4O2/c27-21(25-13-5-1-2-6-14-25)16-26-22(28)19-8-4-3-7-18(19)20(24-26)15-17-9-11-23-12-10-17/h3-4,7-12H,1-2,5-6,13-16H2. The Labute approximate surface area is 163 Å². The van der Waals surface area contributed by atoms with Gasteiger partial charge in [0.15, 0.2) is 0 Å². The summed E-state index contributed by atoms with van der Waals surface area (Å²) in [5.74, 6) is -0.0263. The van der Waals surface area contributed by atoms with Crippen LogP contribution < -0.4 is 5.56 Å². The summed E-state index contributed by atoms with van der Waals surface area (Å²) in [5, 5.41) is 6.03. The number of amides is 1. The zero-order valence-electron chi connectivity index (χ0n) is 15.9. The number of likely N-dealkylation sites (tertiary alicyclic amines) is 1. The summed E-state index contributed by atoms with van der Waals surface area (Å²) >= 11 is 0. The van der Waals surface area contributed by atoms with Crippen LogP contribution in [0.25, 0.3) is 10.8 Å². The first-order valence-corrected chi connectivity index (χ1v) is 9.88. The number of pyridine rings is 1. The van der Waals surface area contributed by atoms with E-state index in [1.54, 1.807) is 12.4 Å². The van der Waals surface area contributed by atoms with Crippen molar-refractivity contribution in [1.29, 1.82) is 0 Å². The van der Waals surface area contributed by atoms with Crippen molar-refractivity contribution in [3.05, 3.63) is 70.4 Å². The van der Waals surface area contributed by atoms with E-state index < -0.39 is 0 Å². The molecule has 28 heavy (non-hydrogen) atoms. The predicted octanol–water partition coefficient (Wildman–Crippen LogP) is 2.78. The molecule has 0 N–H and O–H groups in total. The van der Waals surface area contributed by atoms with Crippen molar-refractivity contribution in [3.8, 4) is 0 Å². The fourth-order valence-electron chi connectivity index (χ4n) is 3.79. The van der Waals surface area contributed by atoms with Gasteiger partial charge in [-0.25, -0.2) is 4.68 Å². The maximum atomic E-state index is 12.9. The van der Waals surface area contributed by atoms with E-state index >= 15 is 0 Å². The summed E-state index contributed by atoms with van der Waals surface area (Å²) < 4.78 is 1.34. The fourth-order valence-corrected chi connectivity index (χ4v) is 3.79. The van der Waals surface area contributed by atoms with Gasteiger partial charge in [-0.1, -0.05) is 31.0 Å². The summed E-state index contributed by atoms with van der Waals surface area (Å²) in [6, 6.07) is 11.4. The molecule has 0 unspecified atom stereocenters. The molecule has 3 aromatic rings. The molecule has 0 saturated carbocycles. The summed E-state index contributed by atoms with van der Waals surface area (Å²) in [4.78, 5) is 31.7. The highest BCUT2D eigenvalue weighted by molar-refractivity contribution is 5.84. The molecule has 1 saturated heterocycles. The van der Waals surface area contributed by atoms with E-state index in [2.05, 4.69) is 10.1 Å². The smallest absolute Gasteiger partial charge is 0.275 e. The molecule has 0 spiro atoms. The number of hydrogen-bond donors (Lipinski definition) is 0. The number of aromatic nitrogens is 3. The molecule has 1 fully saturated rings. The number of hydrogen-bond acceptors (Lipinski definition) is 4. The maximum Gasteiger partial charge on any atom is 0.275 e. The Balaban J connectivity index is 1.69. The molecule has 4 rings (SSSR count). The van der Waals surface area contributed by atoms with Crippen molar-refractivity contribution < 1.29 is 4.79 Å². The van der Waals surface area contributed by atoms with Gasteiger partial charge < -0.3 is 4.90 Å². The Morgan fingerprint density at radius 2 is 1.61 bits per heavy atom. The van der Waals surface area contributed by atoms with Crippen LogP contribution in [0.3, 0.4) is 0 Å². The molecule has 0 aliphatic carbocycles. The summed E-state index contributed by atoms with van der Waals surface area (Å²) in [6.07, 6.45) is 8.45. The van der Waals surface area contributed by atoms with Crippen LogP contribution >= 0.6 is 0 Å². The normalized spacial score (nSPS) is 14.8. The largest absolute Gasteiger partial charge is 0.341 e. The van der Waals surface area contributed by atoms with E-state index in [9.17, 15) is 9.59 Å². The van der Waals surface area contributed by atoms with Crippen molar-refractivity contribution in [2.45, 2.75) is 38.6 Å². The van der Waals surface area contributed by atoms with E-state index in [1.165, 1.54) is 4.68 Å². The highest BCUT2D eigenvalue weighted by atomic mass is 16.2. The molecule has 0 bridgehead atoms. The molecular weight excluding hydrogens is 352 g/mol. The minimum atomic E-state index is -0.211. The molecule has 0 radical (unpaired) electrons. The van der Waals surface area contributed by atoms with Crippen LogP contribution in [0, 0.1) is 0 Å². The second-order valence-electron chi connectivity index (χ2n) is 7.28. The lowest BCUT2D eigenvalue weighted by molar-refractivity contribution is -0.132. The molecule has 1 aliphatic rings. The van der Waals surface area contributed by atoms with E-state index in [0.717, 1.165) is 55.4 Å². The van der Waals surface area contributed by atoms with Gasteiger partial charge in [-0.3, -0.25) is 14.6 Å². The van der Waals surface area contributed by atoms with Crippen molar-refractivity contribution >= 4 is 16.7 Å². The molecule has 1 aromatic carbocycles.